The number of halogens is 1. The molecule has 0 saturated carbocycles. The average molecular weight is 407 g/mol. The van der Waals surface area contributed by atoms with Gasteiger partial charge in [-0.15, -0.1) is 0 Å². The average Bonchev–Trinajstić information content (AvgIpc) is 3.08. The van der Waals surface area contributed by atoms with Crippen molar-refractivity contribution < 1.29 is 0 Å². The Morgan fingerprint density at radius 3 is 2.96 bits per heavy atom. The molecule has 4 heterocycles. The number of aromatic amines is 2. The smallest absolute Gasteiger partial charge is 0.274 e. The molecule has 4 aromatic heterocycles. The molecule has 0 aromatic carbocycles. The molecule has 9 nitrogen and oxygen atoms in total. The Kier molecular flexibility index (Phi) is 3.53. The van der Waals surface area contributed by atoms with Crippen LogP contribution < -0.4 is 11.3 Å². The zero-order valence-corrected chi connectivity index (χ0v) is 14.8. The third-order valence-corrected chi connectivity index (χ3v) is 5.05. The zero-order valence-electron chi connectivity index (χ0n) is 12.4. The summed E-state index contributed by atoms with van der Waals surface area (Å²) in [6.45, 7) is 1.91. The number of nitrogens with zero attached hydrogens (tertiary/aromatic N) is 5. The molecule has 11 heteroatoms. The summed E-state index contributed by atoms with van der Waals surface area (Å²) in [5.41, 5.74) is 8.26. The zero-order chi connectivity index (χ0) is 16.8. The number of rotatable bonds is 3. The van der Waals surface area contributed by atoms with Gasteiger partial charge in [-0.1, -0.05) is 11.8 Å². The highest BCUT2D eigenvalue weighted by Crippen LogP contribution is 2.24. The number of H-pyrrole nitrogens is 2. The van der Waals surface area contributed by atoms with Crippen LogP contribution >= 0.6 is 27.7 Å². The monoisotopic (exact) mass is 406 g/mol. The highest BCUT2D eigenvalue weighted by Gasteiger charge is 2.10. The van der Waals surface area contributed by atoms with E-state index in [9.17, 15) is 4.79 Å². The number of nitrogen functional groups attached to an aromatic ring is 1. The van der Waals surface area contributed by atoms with Crippen LogP contribution in [0.2, 0.25) is 0 Å². The summed E-state index contributed by atoms with van der Waals surface area (Å²) in [7, 11) is 0. The van der Waals surface area contributed by atoms with E-state index in [0.29, 0.717) is 22.3 Å². The SMILES string of the molecule is Cc1nc2nc(SCc3cc(=O)n4[nH]c(N)nc4n3)[nH]c2cc1Br. The predicted molar refractivity (Wildman–Crippen MR) is 93.9 cm³/mol. The highest BCUT2D eigenvalue weighted by molar-refractivity contribution is 9.10. The molecule has 0 saturated heterocycles. The fraction of sp³-hybridized carbons (Fsp3) is 0.154. The molecule has 0 aliphatic rings. The van der Waals surface area contributed by atoms with E-state index in [4.69, 9.17) is 5.73 Å². The molecule has 0 amide bonds. The van der Waals surface area contributed by atoms with Gasteiger partial charge >= 0.3 is 0 Å². The lowest BCUT2D eigenvalue weighted by molar-refractivity contribution is 0.891. The van der Waals surface area contributed by atoms with Crippen LogP contribution in [0.1, 0.15) is 11.4 Å². The Bertz CT molecular complexity index is 1090. The predicted octanol–water partition coefficient (Wildman–Crippen LogP) is 1.63. The molecule has 0 spiro atoms. The summed E-state index contributed by atoms with van der Waals surface area (Å²) in [4.78, 5) is 32.3. The van der Waals surface area contributed by atoms with Crippen molar-refractivity contribution >= 4 is 50.6 Å². The van der Waals surface area contributed by atoms with E-state index < -0.39 is 0 Å². The van der Waals surface area contributed by atoms with Gasteiger partial charge < -0.3 is 10.7 Å². The topological polar surface area (TPSA) is 131 Å². The van der Waals surface area contributed by atoms with Crippen LogP contribution in [0.15, 0.2) is 26.6 Å². The Morgan fingerprint density at radius 2 is 2.12 bits per heavy atom. The van der Waals surface area contributed by atoms with E-state index >= 15 is 0 Å². The molecule has 4 N–H and O–H groups in total. The van der Waals surface area contributed by atoms with Crippen LogP contribution in [-0.2, 0) is 5.75 Å². The van der Waals surface area contributed by atoms with Crippen molar-refractivity contribution in [2.45, 2.75) is 17.8 Å². The summed E-state index contributed by atoms with van der Waals surface area (Å²) >= 11 is 4.88. The van der Waals surface area contributed by atoms with E-state index in [1.807, 2.05) is 13.0 Å². The van der Waals surface area contributed by atoms with Crippen molar-refractivity contribution in [2.24, 2.45) is 0 Å². The maximum absolute atomic E-state index is 12.0. The van der Waals surface area contributed by atoms with Crippen LogP contribution in [0, 0.1) is 6.92 Å². The van der Waals surface area contributed by atoms with Crippen LogP contribution in [-0.4, -0.2) is 34.5 Å². The number of nitrogens with two attached hydrogens (primary N) is 1. The minimum atomic E-state index is -0.259. The second-order valence-corrected chi connectivity index (χ2v) is 6.91. The fourth-order valence-electron chi connectivity index (χ4n) is 2.21. The van der Waals surface area contributed by atoms with Crippen LogP contribution in [0.25, 0.3) is 16.9 Å². The molecule has 0 unspecified atom stereocenters. The van der Waals surface area contributed by atoms with Gasteiger partial charge in [-0.05, 0) is 28.9 Å². The van der Waals surface area contributed by atoms with Gasteiger partial charge in [0.1, 0.15) is 0 Å². The van der Waals surface area contributed by atoms with Gasteiger partial charge in [0, 0.05) is 16.3 Å². The number of fused-ring (bicyclic) bond motifs is 2. The van der Waals surface area contributed by atoms with Gasteiger partial charge in [-0.25, -0.2) is 15.0 Å². The molecule has 4 aromatic rings. The van der Waals surface area contributed by atoms with Crippen LogP contribution in [0.3, 0.4) is 0 Å². The Hall–Kier alpha value is -2.40. The minimum absolute atomic E-state index is 0.147. The standard InChI is InChI=1S/C13H11BrN8OS/c1-5-7(14)3-8-10(16-5)19-13(18-8)24-4-6-2-9(23)22-12(17-6)20-11(15)21-22/h2-3H,4H2,1H3,(H,16,18,19)(H3,15,17,20,21). The maximum Gasteiger partial charge on any atom is 0.274 e. The summed E-state index contributed by atoms with van der Waals surface area (Å²) in [6.07, 6.45) is 0. The van der Waals surface area contributed by atoms with E-state index in [-0.39, 0.29) is 17.3 Å². The number of nitrogens with one attached hydrogen (secondary N) is 2. The van der Waals surface area contributed by atoms with Gasteiger partial charge in [-0.2, -0.15) is 9.50 Å². The van der Waals surface area contributed by atoms with E-state index in [1.54, 1.807) is 0 Å². The largest absolute Gasteiger partial charge is 0.368 e. The summed E-state index contributed by atoms with van der Waals surface area (Å²) in [6, 6.07) is 3.39. The maximum atomic E-state index is 12.0. The first-order valence-electron chi connectivity index (χ1n) is 6.89. The number of hydrogen-bond acceptors (Lipinski definition) is 7. The van der Waals surface area contributed by atoms with Crippen molar-refractivity contribution in [2.75, 3.05) is 5.73 Å². The Balaban J connectivity index is 1.61. The molecule has 24 heavy (non-hydrogen) atoms. The van der Waals surface area contributed by atoms with Crippen molar-refractivity contribution in [1.29, 1.82) is 0 Å². The number of imidazole rings is 1. The summed E-state index contributed by atoms with van der Waals surface area (Å²) in [5.74, 6) is 0.869. The van der Waals surface area contributed by atoms with Crippen LogP contribution in [0.5, 0.6) is 0 Å². The Labute approximate surface area is 147 Å². The summed E-state index contributed by atoms with van der Waals surface area (Å²) < 4.78 is 2.13. The normalized spacial score (nSPS) is 11.6. The molecule has 122 valence electrons. The molecule has 4 rings (SSSR count). The molecular formula is C13H11BrN8OS. The van der Waals surface area contributed by atoms with Gasteiger partial charge in [0.15, 0.2) is 10.8 Å². The first-order valence-corrected chi connectivity index (χ1v) is 8.67. The van der Waals surface area contributed by atoms with E-state index in [1.165, 1.54) is 22.3 Å². The van der Waals surface area contributed by atoms with Gasteiger partial charge in [0.2, 0.25) is 5.95 Å². The molecule has 0 fully saturated rings. The van der Waals surface area contributed by atoms with Gasteiger partial charge in [0.05, 0.1) is 16.9 Å². The van der Waals surface area contributed by atoms with E-state index in [2.05, 4.69) is 45.9 Å². The molecule has 0 atom stereocenters. The third-order valence-electron chi connectivity index (χ3n) is 3.34. The molecular weight excluding hydrogens is 396 g/mol. The van der Waals surface area contributed by atoms with Crippen molar-refractivity contribution in [3.8, 4) is 0 Å². The first kappa shape index (κ1) is 15.1. The van der Waals surface area contributed by atoms with E-state index in [0.717, 1.165) is 15.7 Å². The van der Waals surface area contributed by atoms with Crippen molar-refractivity contribution in [3.05, 3.63) is 38.3 Å². The minimum Gasteiger partial charge on any atom is -0.368 e. The lowest BCUT2D eigenvalue weighted by atomic mass is 10.3. The second kappa shape index (κ2) is 5.60. The quantitative estimate of drug-likeness (QED) is 0.440. The number of aryl methyl sites for hydroxylation is 1. The number of aromatic nitrogens is 7. The summed E-state index contributed by atoms with van der Waals surface area (Å²) in [5, 5.41) is 3.33. The molecule has 0 bridgehead atoms. The van der Waals surface area contributed by atoms with Crippen LogP contribution in [0.4, 0.5) is 5.95 Å². The molecule has 0 aliphatic heterocycles. The number of anilines is 1. The first-order chi connectivity index (χ1) is 11.5. The third kappa shape index (κ3) is 2.65. The molecule has 0 aliphatic carbocycles. The lowest BCUT2D eigenvalue weighted by Crippen LogP contribution is -2.15. The number of pyridine rings is 1. The van der Waals surface area contributed by atoms with Crippen molar-refractivity contribution in [3.63, 3.8) is 0 Å². The molecule has 0 radical (unpaired) electrons. The number of hydrogen-bond donors (Lipinski definition) is 3. The van der Waals surface area contributed by atoms with Gasteiger partial charge in [0.25, 0.3) is 11.3 Å². The van der Waals surface area contributed by atoms with Crippen molar-refractivity contribution in [1.82, 2.24) is 34.5 Å². The number of thioether (sulfide) groups is 1. The van der Waals surface area contributed by atoms with Gasteiger partial charge in [-0.3, -0.25) is 9.89 Å². The highest BCUT2D eigenvalue weighted by atomic mass is 79.9. The lowest BCUT2D eigenvalue weighted by Gasteiger charge is -1.98. The Morgan fingerprint density at radius 1 is 1.29 bits per heavy atom. The fourth-order valence-corrected chi connectivity index (χ4v) is 3.30. The second-order valence-electron chi connectivity index (χ2n) is 5.09.